The number of aromatic nitrogens is 2. The summed E-state index contributed by atoms with van der Waals surface area (Å²) in [4.78, 5) is 16.4. The molecule has 4 rings (SSSR count). The zero-order valence-electron chi connectivity index (χ0n) is 23.1. The summed E-state index contributed by atoms with van der Waals surface area (Å²) in [6, 6.07) is 1.60. The molecule has 2 N–H and O–H groups in total. The second-order valence-corrected chi connectivity index (χ2v) is 23.7. The maximum absolute atomic E-state index is 12.5. The average molecular weight is 588 g/mol. The van der Waals surface area contributed by atoms with Gasteiger partial charge in [-0.25, -0.2) is 4.79 Å². The van der Waals surface area contributed by atoms with Crippen LogP contribution in [-0.2, 0) is 30.0 Å². The van der Waals surface area contributed by atoms with Gasteiger partial charge in [0.2, 0.25) is 5.69 Å². The number of nitrogen functional groups attached to an aromatic ring is 1. The zero-order chi connectivity index (χ0) is 27.4. The maximum Gasteiger partial charge on any atom is 0.351 e. The Labute approximate surface area is 231 Å². The summed E-state index contributed by atoms with van der Waals surface area (Å²) in [5, 5.41) is 0.0247. The molecule has 2 aliphatic heterocycles. The molecule has 2 saturated heterocycles. The van der Waals surface area contributed by atoms with E-state index in [1.54, 1.807) is 23.6 Å². The van der Waals surface area contributed by atoms with E-state index >= 15 is 0 Å². The van der Waals surface area contributed by atoms with Crippen LogP contribution < -0.4 is 11.4 Å². The topological polar surface area (TPSA) is 97.8 Å². The van der Waals surface area contributed by atoms with Gasteiger partial charge in [0.1, 0.15) is 18.1 Å². The van der Waals surface area contributed by atoms with Crippen LogP contribution in [0.15, 0.2) is 29.2 Å². The molecule has 1 aliphatic carbocycles. The van der Waals surface area contributed by atoms with E-state index in [2.05, 4.69) is 59.3 Å². The number of ether oxygens (including phenoxy) is 1. The summed E-state index contributed by atoms with van der Waals surface area (Å²) >= 11 is 7.70. The standard InChI is InChI=1S/C25H42N3O5PS2Si/c1-16(2)17-9-11-25(6)20(13-17)32-34(35,36-25)30-15-19-18(33-37(7,8)24(3,4)5)14-22(31-19)28-12-10-21(26)27-23(28)29/h10,12,17-20,22H,1,9,11,13-15H2,2-8H3,(H2,26,27,29)/t17-,18?,19-,20+,22-,25+,34+/m1/s1. The average Bonchev–Trinajstić information content (AvgIpc) is 3.27. The lowest BCUT2D eigenvalue weighted by Crippen LogP contribution is -2.46. The molecule has 0 bridgehead atoms. The van der Waals surface area contributed by atoms with Gasteiger partial charge in [0, 0.05) is 17.4 Å². The normalized spacial score (nSPS) is 36.5. The Morgan fingerprint density at radius 3 is 2.76 bits per heavy atom. The van der Waals surface area contributed by atoms with Gasteiger partial charge in [-0.2, -0.15) is 4.98 Å². The third-order valence-corrected chi connectivity index (χ3v) is 18.8. The largest absolute Gasteiger partial charge is 0.411 e. The van der Waals surface area contributed by atoms with E-state index in [9.17, 15) is 4.79 Å². The zero-order valence-corrected chi connectivity index (χ0v) is 26.6. The molecule has 208 valence electrons. The van der Waals surface area contributed by atoms with Gasteiger partial charge >= 0.3 is 5.69 Å². The molecule has 1 saturated carbocycles. The highest BCUT2D eigenvalue weighted by Crippen LogP contribution is 2.75. The van der Waals surface area contributed by atoms with E-state index in [1.807, 2.05) is 0 Å². The SMILES string of the molecule is C=C(C)[C@@H]1CC[C@]2(C)S[P@@](=S)(OC[C@H]3O[C@@H](n4ccc(N)nc4=O)CC3O[Si](C)(C)C(C)(C)C)O[C@H]2C1. The Morgan fingerprint density at radius 2 is 2.14 bits per heavy atom. The first-order valence-electron chi connectivity index (χ1n) is 13.0. The van der Waals surface area contributed by atoms with Crippen LogP contribution in [0.5, 0.6) is 0 Å². The lowest BCUT2D eigenvalue weighted by Gasteiger charge is -2.39. The fourth-order valence-corrected chi connectivity index (χ4v) is 13.4. The van der Waals surface area contributed by atoms with Crippen molar-refractivity contribution in [2.75, 3.05) is 12.3 Å². The molecule has 1 aromatic rings. The predicted octanol–water partition coefficient (Wildman–Crippen LogP) is 6.01. The van der Waals surface area contributed by atoms with Crippen molar-refractivity contribution >= 4 is 43.0 Å². The van der Waals surface area contributed by atoms with Crippen LogP contribution in [0.2, 0.25) is 18.1 Å². The predicted molar refractivity (Wildman–Crippen MR) is 157 cm³/mol. The minimum absolute atomic E-state index is 0.0247. The second kappa shape index (κ2) is 10.5. The number of allylic oxidation sites excluding steroid dienone is 1. The van der Waals surface area contributed by atoms with Crippen molar-refractivity contribution in [1.82, 2.24) is 9.55 Å². The molecule has 37 heavy (non-hydrogen) atoms. The van der Waals surface area contributed by atoms with Crippen molar-refractivity contribution < 1.29 is 18.2 Å². The number of hydrogen-bond acceptors (Lipinski definition) is 9. The minimum atomic E-state index is -2.57. The molecular formula is C25H42N3O5PS2Si. The third kappa shape index (κ3) is 6.29. The van der Waals surface area contributed by atoms with Gasteiger partial charge in [0.05, 0.1) is 18.8 Å². The Bertz CT molecular complexity index is 1140. The molecule has 0 radical (unpaired) electrons. The molecule has 1 aromatic heterocycles. The van der Waals surface area contributed by atoms with Gasteiger partial charge in [-0.15, -0.1) is 0 Å². The van der Waals surface area contributed by atoms with Crippen LogP contribution in [0.1, 0.15) is 66.5 Å². The Balaban J connectivity index is 1.50. The number of hydrogen-bond donors (Lipinski definition) is 1. The Kier molecular flexibility index (Phi) is 8.33. The van der Waals surface area contributed by atoms with Crippen LogP contribution in [0.3, 0.4) is 0 Å². The molecule has 7 atom stereocenters. The van der Waals surface area contributed by atoms with Crippen molar-refractivity contribution in [2.24, 2.45) is 5.92 Å². The quantitative estimate of drug-likeness (QED) is 0.234. The molecule has 12 heteroatoms. The number of fused-ring (bicyclic) bond motifs is 1. The first-order chi connectivity index (χ1) is 17.0. The minimum Gasteiger partial charge on any atom is -0.411 e. The van der Waals surface area contributed by atoms with Gasteiger partial charge in [-0.05, 0) is 75.0 Å². The summed E-state index contributed by atoms with van der Waals surface area (Å²) < 4.78 is 27.5. The molecule has 3 aliphatic rings. The maximum atomic E-state index is 12.5. The van der Waals surface area contributed by atoms with Crippen molar-refractivity contribution in [1.29, 1.82) is 0 Å². The molecule has 0 aromatic carbocycles. The molecule has 3 heterocycles. The molecule has 3 fully saturated rings. The van der Waals surface area contributed by atoms with Crippen molar-refractivity contribution in [3.05, 3.63) is 34.9 Å². The highest BCUT2D eigenvalue weighted by atomic mass is 32.9. The van der Waals surface area contributed by atoms with Gasteiger partial charge in [-0.3, -0.25) is 4.57 Å². The fourth-order valence-electron chi connectivity index (χ4n) is 4.95. The summed E-state index contributed by atoms with van der Waals surface area (Å²) in [5.74, 6) is 0.652. The highest BCUT2D eigenvalue weighted by Gasteiger charge is 2.54. The van der Waals surface area contributed by atoms with E-state index in [4.69, 9.17) is 35.8 Å². The van der Waals surface area contributed by atoms with E-state index in [0.717, 1.165) is 19.3 Å². The molecule has 0 amide bonds. The van der Waals surface area contributed by atoms with E-state index < -0.39 is 25.9 Å². The molecule has 1 unspecified atom stereocenters. The van der Waals surface area contributed by atoms with Crippen molar-refractivity contribution in [3.8, 4) is 0 Å². The smallest absolute Gasteiger partial charge is 0.351 e. The Hall–Kier alpha value is -0.523. The van der Waals surface area contributed by atoms with Crippen LogP contribution in [0.4, 0.5) is 5.82 Å². The molecule has 8 nitrogen and oxygen atoms in total. The van der Waals surface area contributed by atoms with Crippen LogP contribution >= 0.6 is 17.1 Å². The van der Waals surface area contributed by atoms with Crippen LogP contribution in [0, 0.1) is 5.92 Å². The number of anilines is 1. The molecular weight excluding hydrogens is 545 g/mol. The van der Waals surface area contributed by atoms with E-state index in [-0.39, 0.29) is 40.5 Å². The lowest BCUT2D eigenvalue weighted by molar-refractivity contribution is -0.0395. The number of nitrogens with zero attached hydrogens (tertiary/aromatic N) is 2. The highest BCUT2D eigenvalue weighted by molar-refractivity contribution is 8.68. The fraction of sp³-hybridized carbons (Fsp3) is 0.760. The number of nitrogens with two attached hydrogens (primary N) is 1. The number of rotatable bonds is 7. The van der Waals surface area contributed by atoms with E-state index in [0.29, 0.717) is 12.3 Å². The van der Waals surface area contributed by atoms with Crippen LogP contribution in [-0.4, -0.2) is 47.5 Å². The third-order valence-electron chi connectivity index (χ3n) is 8.43. The van der Waals surface area contributed by atoms with Gasteiger partial charge in [-0.1, -0.05) is 44.3 Å². The lowest BCUT2D eigenvalue weighted by atomic mass is 9.77. The summed E-state index contributed by atoms with van der Waals surface area (Å²) in [7, 11) is -2.12. The van der Waals surface area contributed by atoms with Crippen molar-refractivity contribution in [2.45, 2.75) is 108 Å². The Morgan fingerprint density at radius 1 is 1.43 bits per heavy atom. The van der Waals surface area contributed by atoms with Gasteiger partial charge in [0.15, 0.2) is 8.32 Å². The van der Waals surface area contributed by atoms with E-state index in [1.165, 1.54) is 10.1 Å². The summed E-state index contributed by atoms with van der Waals surface area (Å²) in [6.45, 7) is 19.8. The second-order valence-electron chi connectivity index (χ2n) is 12.4. The van der Waals surface area contributed by atoms with Gasteiger partial charge < -0.3 is 23.9 Å². The molecule has 0 spiro atoms. The summed E-state index contributed by atoms with van der Waals surface area (Å²) in [5.41, 5.74) is 3.89. The first kappa shape index (κ1) is 29.5. The monoisotopic (exact) mass is 587 g/mol. The summed E-state index contributed by atoms with van der Waals surface area (Å²) in [6.07, 6.45) is 4.15. The first-order valence-corrected chi connectivity index (χ1v) is 20.0. The van der Waals surface area contributed by atoms with Crippen molar-refractivity contribution in [3.63, 3.8) is 0 Å². The van der Waals surface area contributed by atoms with Crippen LogP contribution in [0.25, 0.3) is 0 Å². The van der Waals surface area contributed by atoms with Gasteiger partial charge in [0.25, 0.3) is 0 Å².